The molecule has 2 fully saturated rings. The van der Waals surface area contributed by atoms with Crippen molar-refractivity contribution in [3.05, 3.63) is 47.7 Å². The summed E-state index contributed by atoms with van der Waals surface area (Å²) in [4.78, 5) is 36.1. The van der Waals surface area contributed by atoms with E-state index in [2.05, 4.69) is 4.98 Å². The van der Waals surface area contributed by atoms with Gasteiger partial charge in [-0.15, -0.1) is 11.3 Å². The van der Waals surface area contributed by atoms with Gasteiger partial charge in [-0.1, -0.05) is 37.8 Å². The van der Waals surface area contributed by atoms with E-state index >= 15 is 4.39 Å². The molecule has 7 nitrogen and oxygen atoms in total. The summed E-state index contributed by atoms with van der Waals surface area (Å²) >= 11 is 1.33. The fourth-order valence-electron chi connectivity index (χ4n) is 5.27. The van der Waals surface area contributed by atoms with Crippen LogP contribution in [0.2, 0.25) is 0 Å². The Labute approximate surface area is 219 Å². The lowest BCUT2D eigenvalue weighted by atomic mass is 9.90. The van der Waals surface area contributed by atoms with Crippen molar-refractivity contribution in [2.24, 2.45) is 11.8 Å². The lowest BCUT2D eigenvalue weighted by molar-refractivity contribution is -0.141. The van der Waals surface area contributed by atoms with Gasteiger partial charge in [-0.25, -0.2) is 14.4 Å². The minimum atomic E-state index is -0.954. The highest BCUT2D eigenvalue weighted by Gasteiger charge is 2.40. The van der Waals surface area contributed by atoms with Crippen molar-refractivity contribution in [3.63, 3.8) is 0 Å². The number of carboxylic acid groups (broad SMARTS) is 1. The number of methoxy groups -OCH3 is 1. The van der Waals surface area contributed by atoms with Gasteiger partial charge in [0.25, 0.3) is 0 Å². The molecule has 3 aromatic rings. The van der Waals surface area contributed by atoms with Crippen molar-refractivity contribution in [3.8, 4) is 28.3 Å². The number of nitrogens with zero attached hydrogens (tertiary/aromatic N) is 3. The quantitative estimate of drug-likeness (QED) is 0.341. The number of carbonyl (C=O) groups excluding carboxylic acids is 1. The largest absolute Gasteiger partial charge is 0.481 e. The van der Waals surface area contributed by atoms with Crippen LogP contribution in [0.3, 0.4) is 0 Å². The van der Waals surface area contributed by atoms with Crippen LogP contribution >= 0.6 is 11.3 Å². The Hall–Kier alpha value is -3.33. The fourth-order valence-corrected chi connectivity index (χ4v) is 6.17. The molecule has 2 aliphatic carbocycles. The highest BCUT2D eigenvalue weighted by Crippen LogP contribution is 2.41. The van der Waals surface area contributed by atoms with E-state index in [1.807, 2.05) is 5.38 Å². The van der Waals surface area contributed by atoms with Gasteiger partial charge in [-0.2, -0.15) is 0 Å². The first-order chi connectivity index (χ1) is 17.9. The molecule has 9 heteroatoms. The number of hydrogen-bond donors (Lipinski definition) is 1. The number of aliphatic carboxylic acids is 1. The van der Waals surface area contributed by atoms with Crippen LogP contribution in [-0.4, -0.2) is 40.1 Å². The minimum Gasteiger partial charge on any atom is -0.481 e. The van der Waals surface area contributed by atoms with Gasteiger partial charge in [-0.3, -0.25) is 14.5 Å². The van der Waals surface area contributed by atoms with Crippen molar-refractivity contribution in [1.82, 2.24) is 9.97 Å². The van der Waals surface area contributed by atoms with Gasteiger partial charge < -0.3 is 9.84 Å². The molecular weight excluding hydrogens is 493 g/mol. The maximum Gasteiger partial charge on any atom is 0.304 e. The third-order valence-electron chi connectivity index (χ3n) is 7.23. The summed E-state index contributed by atoms with van der Waals surface area (Å²) < 4.78 is 20.2. The second kappa shape index (κ2) is 11.0. The number of halogens is 1. The van der Waals surface area contributed by atoms with E-state index in [1.165, 1.54) is 24.5 Å². The van der Waals surface area contributed by atoms with Crippen molar-refractivity contribution in [2.75, 3.05) is 12.0 Å². The van der Waals surface area contributed by atoms with E-state index in [9.17, 15) is 14.7 Å². The smallest absolute Gasteiger partial charge is 0.304 e. The van der Waals surface area contributed by atoms with Gasteiger partial charge >= 0.3 is 5.97 Å². The number of hydrogen-bond acceptors (Lipinski definition) is 6. The predicted octanol–water partition coefficient (Wildman–Crippen LogP) is 6.19. The van der Waals surface area contributed by atoms with E-state index in [1.54, 1.807) is 35.4 Å². The van der Waals surface area contributed by atoms with E-state index in [0.717, 1.165) is 38.5 Å². The molecule has 194 valence electrons. The van der Waals surface area contributed by atoms with Crippen LogP contribution in [0.15, 0.2) is 41.9 Å². The molecule has 2 saturated carbocycles. The summed E-state index contributed by atoms with van der Waals surface area (Å²) in [6, 6.07) is 8.30. The highest BCUT2D eigenvalue weighted by atomic mass is 32.1. The zero-order chi connectivity index (χ0) is 25.9. The highest BCUT2D eigenvalue weighted by molar-refractivity contribution is 7.14. The molecule has 2 heterocycles. The van der Waals surface area contributed by atoms with Gasteiger partial charge in [0.1, 0.15) is 5.82 Å². The molecule has 0 spiro atoms. The first-order valence-electron chi connectivity index (χ1n) is 12.7. The molecular formula is C28H30FN3O4S. The number of anilines is 1. The van der Waals surface area contributed by atoms with Crippen LogP contribution in [0.4, 0.5) is 9.52 Å². The van der Waals surface area contributed by atoms with E-state index in [0.29, 0.717) is 45.7 Å². The predicted molar refractivity (Wildman–Crippen MR) is 140 cm³/mol. The third-order valence-corrected chi connectivity index (χ3v) is 8.07. The molecule has 5 rings (SSSR count). The maximum atomic E-state index is 15.1. The number of benzene rings is 1. The monoisotopic (exact) mass is 523 g/mol. The van der Waals surface area contributed by atoms with Crippen LogP contribution in [0, 0.1) is 17.7 Å². The summed E-state index contributed by atoms with van der Waals surface area (Å²) in [5.74, 6) is -1.24. The number of carbonyl (C=O) groups is 2. The van der Waals surface area contributed by atoms with Gasteiger partial charge in [0.05, 0.1) is 19.2 Å². The molecule has 2 aromatic heterocycles. The minimum absolute atomic E-state index is 0.0316. The lowest BCUT2D eigenvalue weighted by Gasteiger charge is -2.26. The number of amides is 1. The topological polar surface area (TPSA) is 92.6 Å². The van der Waals surface area contributed by atoms with Crippen LogP contribution < -0.4 is 9.64 Å². The summed E-state index contributed by atoms with van der Waals surface area (Å²) in [6.45, 7) is 0. The molecule has 37 heavy (non-hydrogen) atoms. The van der Waals surface area contributed by atoms with E-state index in [4.69, 9.17) is 9.72 Å². The normalized spacial score (nSPS) is 16.5. The molecule has 0 radical (unpaired) electrons. The fraction of sp³-hybridized carbons (Fsp3) is 0.429. The zero-order valence-electron chi connectivity index (χ0n) is 20.7. The lowest BCUT2D eigenvalue weighted by Crippen LogP contribution is -2.39. The molecule has 0 bridgehead atoms. The molecule has 1 atom stereocenters. The molecule has 0 saturated heterocycles. The number of pyridine rings is 1. The second-order valence-electron chi connectivity index (χ2n) is 9.89. The molecule has 0 unspecified atom stereocenters. The van der Waals surface area contributed by atoms with Gasteiger partial charge in [0, 0.05) is 46.3 Å². The second-order valence-corrected chi connectivity index (χ2v) is 10.7. The average molecular weight is 524 g/mol. The van der Waals surface area contributed by atoms with Gasteiger partial charge in [0.2, 0.25) is 11.8 Å². The molecule has 1 amide bonds. The first kappa shape index (κ1) is 25.3. The molecule has 0 aliphatic heterocycles. The number of rotatable bonds is 10. The Morgan fingerprint density at radius 3 is 2.62 bits per heavy atom. The SMILES string of the molecule is COc1ccc(-c2c(F)cccc2-c2csc(N(C(=O)[C@@H](CC(=O)O)CC3CCCC3)C3CC3)n2)cn1. The van der Waals surface area contributed by atoms with E-state index in [-0.39, 0.29) is 18.4 Å². The van der Waals surface area contributed by atoms with Crippen molar-refractivity contribution >= 4 is 28.3 Å². The van der Waals surface area contributed by atoms with Crippen LogP contribution in [0.5, 0.6) is 5.88 Å². The van der Waals surface area contributed by atoms with E-state index < -0.39 is 17.7 Å². The summed E-state index contributed by atoms with van der Waals surface area (Å²) in [6.07, 6.45) is 8.11. The third kappa shape index (κ3) is 5.66. The van der Waals surface area contributed by atoms with Crippen LogP contribution in [0.1, 0.15) is 51.4 Å². The summed E-state index contributed by atoms with van der Waals surface area (Å²) in [7, 11) is 1.52. The molecule has 1 aromatic carbocycles. The first-order valence-corrected chi connectivity index (χ1v) is 13.6. The Morgan fingerprint density at radius 2 is 1.97 bits per heavy atom. The Balaban J connectivity index is 1.46. The van der Waals surface area contributed by atoms with Gasteiger partial charge in [-0.05, 0) is 37.3 Å². The molecule has 2 aliphatic rings. The number of thiazole rings is 1. The van der Waals surface area contributed by atoms with Gasteiger partial charge in [0.15, 0.2) is 5.13 Å². The number of aromatic nitrogens is 2. The van der Waals surface area contributed by atoms with Crippen LogP contribution in [0.25, 0.3) is 22.4 Å². The Morgan fingerprint density at radius 1 is 1.19 bits per heavy atom. The van der Waals surface area contributed by atoms with Crippen LogP contribution in [-0.2, 0) is 9.59 Å². The van der Waals surface area contributed by atoms with Crippen molar-refractivity contribution < 1.29 is 23.8 Å². The number of ether oxygens (including phenoxy) is 1. The Bertz CT molecular complexity index is 1270. The number of carboxylic acids is 1. The maximum absolute atomic E-state index is 15.1. The molecule has 1 N–H and O–H groups in total. The standard InChI is InChI=1S/C28H30FN3O4S/c1-36-24-12-9-18(15-30-24)26-21(7-4-8-22(26)29)23-16-37-28(31-23)32(20-10-11-20)27(35)19(14-25(33)34)13-17-5-2-3-6-17/h4,7-9,12,15-17,19-20H,2-3,5-6,10-11,13-14H2,1H3,(H,33,34)/t19-/m1/s1. The summed E-state index contributed by atoms with van der Waals surface area (Å²) in [5.41, 5.74) is 2.14. The average Bonchev–Trinajstić information content (AvgIpc) is 3.36. The summed E-state index contributed by atoms with van der Waals surface area (Å²) in [5, 5.41) is 11.9. The zero-order valence-corrected chi connectivity index (χ0v) is 21.5. The Kier molecular flexibility index (Phi) is 7.50. The van der Waals surface area contributed by atoms with Crippen molar-refractivity contribution in [1.29, 1.82) is 0 Å². The van der Waals surface area contributed by atoms with Crippen molar-refractivity contribution in [2.45, 2.75) is 57.4 Å².